The first kappa shape index (κ1) is 17.7. The van der Waals surface area contributed by atoms with Crippen LogP contribution in [-0.4, -0.2) is 21.7 Å². The standard InChI is InChI=1S/C16H12N4O4S2/c1-9(21)17-11-4-2-10(3-5-11)12-8-25-16(18-12)19-15(22)13-6-7-14(26-13)20(23)24/h2-8H,1H3,(H,17,21)(H,18,19,22). The third-order valence-corrected chi connectivity index (χ3v) is 5.01. The van der Waals surface area contributed by atoms with E-state index in [-0.39, 0.29) is 15.8 Å². The molecule has 0 saturated heterocycles. The lowest BCUT2D eigenvalue weighted by Crippen LogP contribution is -2.09. The van der Waals surface area contributed by atoms with Crippen LogP contribution in [0.3, 0.4) is 0 Å². The van der Waals surface area contributed by atoms with E-state index in [0.717, 1.165) is 16.9 Å². The minimum Gasteiger partial charge on any atom is -0.326 e. The molecule has 0 aliphatic rings. The third kappa shape index (κ3) is 4.10. The SMILES string of the molecule is CC(=O)Nc1ccc(-c2csc(NC(=O)c3ccc([N+](=O)[O-])s3)n2)cc1. The lowest BCUT2D eigenvalue weighted by Gasteiger charge is -2.02. The van der Waals surface area contributed by atoms with Gasteiger partial charge in [-0.05, 0) is 18.2 Å². The molecule has 3 rings (SSSR count). The number of nitrogens with zero attached hydrogens (tertiary/aromatic N) is 2. The van der Waals surface area contributed by atoms with Crippen molar-refractivity contribution < 1.29 is 14.5 Å². The number of aromatic nitrogens is 1. The normalized spacial score (nSPS) is 10.3. The van der Waals surface area contributed by atoms with Crippen LogP contribution < -0.4 is 10.6 Å². The van der Waals surface area contributed by atoms with Gasteiger partial charge in [-0.25, -0.2) is 4.98 Å². The van der Waals surface area contributed by atoms with Crippen LogP contribution in [0.5, 0.6) is 0 Å². The first-order chi connectivity index (χ1) is 12.4. The Morgan fingerprint density at radius 1 is 1.12 bits per heavy atom. The van der Waals surface area contributed by atoms with Crippen LogP contribution in [0.2, 0.25) is 0 Å². The Hall–Kier alpha value is -3.11. The molecule has 0 bridgehead atoms. The number of hydrogen-bond donors (Lipinski definition) is 2. The lowest BCUT2D eigenvalue weighted by atomic mass is 10.1. The Labute approximate surface area is 155 Å². The number of carbonyl (C=O) groups excluding carboxylic acids is 2. The van der Waals surface area contributed by atoms with Gasteiger partial charge in [-0.15, -0.1) is 11.3 Å². The van der Waals surface area contributed by atoms with E-state index in [4.69, 9.17) is 0 Å². The van der Waals surface area contributed by atoms with Crippen LogP contribution in [-0.2, 0) is 4.79 Å². The summed E-state index contributed by atoms with van der Waals surface area (Å²) in [5.74, 6) is -0.588. The zero-order valence-corrected chi connectivity index (χ0v) is 15.0. The summed E-state index contributed by atoms with van der Waals surface area (Å²) in [6.07, 6.45) is 0. The number of benzene rings is 1. The summed E-state index contributed by atoms with van der Waals surface area (Å²) in [7, 11) is 0. The second-order valence-electron chi connectivity index (χ2n) is 5.15. The summed E-state index contributed by atoms with van der Waals surface area (Å²) in [4.78, 5) is 37.9. The number of rotatable bonds is 5. The van der Waals surface area contributed by atoms with Crippen LogP contribution in [0, 0.1) is 10.1 Å². The highest BCUT2D eigenvalue weighted by atomic mass is 32.1. The van der Waals surface area contributed by atoms with Crippen LogP contribution in [0.1, 0.15) is 16.6 Å². The highest BCUT2D eigenvalue weighted by Crippen LogP contribution is 2.28. The van der Waals surface area contributed by atoms with E-state index in [1.165, 1.54) is 30.4 Å². The predicted octanol–water partition coefficient (Wildman–Crippen LogP) is 3.99. The highest BCUT2D eigenvalue weighted by molar-refractivity contribution is 7.17. The zero-order valence-electron chi connectivity index (χ0n) is 13.4. The van der Waals surface area contributed by atoms with Gasteiger partial charge in [0.25, 0.3) is 5.91 Å². The van der Waals surface area contributed by atoms with Crippen molar-refractivity contribution in [3.8, 4) is 11.3 Å². The number of amides is 2. The van der Waals surface area contributed by atoms with Crippen LogP contribution in [0.15, 0.2) is 41.8 Å². The number of hydrogen-bond acceptors (Lipinski definition) is 7. The molecule has 132 valence electrons. The van der Waals surface area contributed by atoms with Gasteiger partial charge in [-0.1, -0.05) is 23.5 Å². The molecule has 0 unspecified atom stereocenters. The predicted molar refractivity (Wildman–Crippen MR) is 101 cm³/mol. The number of thiophene rings is 1. The van der Waals surface area contributed by atoms with Gasteiger partial charge in [0.1, 0.15) is 0 Å². The quantitative estimate of drug-likeness (QED) is 0.507. The van der Waals surface area contributed by atoms with Crippen molar-refractivity contribution in [3.05, 3.63) is 56.8 Å². The van der Waals surface area contributed by atoms with Crippen molar-refractivity contribution in [1.82, 2.24) is 4.98 Å². The molecule has 10 heteroatoms. The summed E-state index contributed by atoms with van der Waals surface area (Å²) in [6.45, 7) is 1.44. The molecule has 0 aliphatic heterocycles. The summed E-state index contributed by atoms with van der Waals surface area (Å²) in [6, 6.07) is 9.86. The van der Waals surface area contributed by atoms with E-state index in [0.29, 0.717) is 16.5 Å². The van der Waals surface area contributed by atoms with Crippen LogP contribution in [0.4, 0.5) is 15.8 Å². The van der Waals surface area contributed by atoms with Crippen molar-refractivity contribution in [2.24, 2.45) is 0 Å². The molecular weight excluding hydrogens is 376 g/mol. The summed E-state index contributed by atoms with van der Waals surface area (Å²) >= 11 is 2.06. The minimum absolute atomic E-state index is 0.0887. The Bertz CT molecular complexity index is 978. The summed E-state index contributed by atoms with van der Waals surface area (Å²) in [5.41, 5.74) is 2.20. The number of thiazole rings is 1. The maximum atomic E-state index is 12.1. The summed E-state index contributed by atoms with van der Waals surface area (Å²) in [5, 5.41) is 18.1. The van der Waals surface area contributed by atoms with Crippen molar-refractivity contribution in [1.29, 1.82) is 0 Å². The molecule has 2 amide bonds. The maximum Gasteiger partial charge on any atom is 0.324 e. The first-order valence-electron chi connectivity index (χ1n) is 7.31. The van der Waals surface area contributed by atoms with E-state index >= 15 is 0 Å². The number of nitro groups is 1. The molecule has 0 saturated carbocycles. The molecule has 2 aromatic heterocycles. The van der Waals surface area contributed by atoms with Gasteiger partial charge >= 0.3 is 5.00 Å². The molecule has 8 nitrogen and oxygen atoms in total. The largest absolute Gasteiger partial charge is 0.326 e. The molecule has 2 heterocycles. The smallest absolute Gasteiger partial charge is 0.324 e. The van der Waals surface area contributed by atoms with Gasteiger partial charge in [-0.2, -0.15) is 0 Å². The first-order valence-corrected chi connectivity index (χ1v) is 9.01. The fourth-order valence-electron chi connectivity index (χ4n) is 2.10. The molecule has 0 fully saturated rings. The molecular formula is C16H12N4O4S2. The highest BCUT2D eigenvalue weighted by Gasteiger charge is 2.16. The average molecular weight is 388 g/mol. The Balaban J connectivity index is 1.70. The van der Waals surface area contributed by atoms with E-state index < -0.39 is 10.8 Å². The topological polar surface area (TPSA) is 114 Å². The molecule has 2 N–H and O–H groups in total. The zero-order chi connectivity index (χ0) is 18.7. The van der Waals surface area contributed by atoms with Crippen molar-refractivity contribution in [2.75, 3.05) is 10.6 Å². The fourth-order valence-corrected chi connectivity index (χ4v) is 3.53. The minimum atomic E-state index is -0.534. The summed E-state index contributed by atoms with van der Waals surface area (Å²) < 4.78 is 0. The van der Waals surface area contributed by atoms with Crippen LogP contribution in [0.25, 0.3) is 11.3 Å². The molecule has 1 aromatic carbocycles. The molecule has 0 radical (unpaired) electrons. The fraction of sp³-hybridized carbons (Fsp3) is 0.0625. The molecule has 26 heavy (non-hydrogen) atoms. The number of carbonyl (C=O) groups is 2. The molecule has 0 atom stereocenters. The van der Waals surface area contributed by atoms with E-state index in [2.05, 4.69) is 15.6 Å². The Morgan fingerprint density at radius 3 is 2.46 bits per heavy atom. The van der Waals surface area contributed by atoms with E-state index in [1.807, 2.05) is 12.1 Å². The van der Waals surface area contributed by atoms with Crippen LogP contribution >= 0.6 is 22.7 Å². The van der Waals surface area contributed by atoms with Gasteiger partial charge in [0, 0.05) is 29.6 Å². The second kappa shape index (κ2) is 7.42. The van der Waals surface area contributed by atoms with Crippen molar-refractivity contribution >= 4 is 50.3 Å². The molecule has 0 aliphatic carbocycles. The maximum absolute atomic E-state index is 12.1. The Kier molecular flexibility index (Phi) is 5.05. The van der Waals surface area contributed by atoms with Crippen molar-refractivity contribution in [2.45, 2.75) is 6.92 Å². The van der Waals surface area contributed by atoms with Gasteiger partial charge in [-0.3, -0.25) is 25.0 Å². The van der Waals surface area contributed by atoms with Gasteiger partial charge in [0.05, 0.1) is 15.5 Å². The van der Waals surface area contributed by atoms with Crippen molar-refractivity contribution in [3.63, 3.8) is 0 Å². The van der Waals surface area contributed by atoms with Gasteiger partial charge in [0.2, 0.25) is 5.91 Å². The second-order valence-corrected chi connectivity index (χ2v) is 7.07. The van der Waals surface area contributed by atoms with E-state index in [1.54, 1.807) is 17.5 Å². The third-order valence-electron chi connectivity index (χ3n) is 3.22. The van der Waals surface area contributed by atoms with Gasteiger partial charge < -0.3 is 5.32 Å². The van der Waals surface area contributed by atoms with E-state index in [9.17, 15) is 19.7 Å². The number of anilines is 2. The lowest BCUT2D eigenvalue weighted by molar-refractivity contribution is -0.380. The molecule has 3 aromatic rings. The number of nitrogens with one attached hydrogen (secondary N) is 2. The average Bonchev–Trinajstić information content (AvgIpc) is 3.24. The monoisotopic (exact) mass is 388 g/mol. The molecule has 0 spiro atoms. The van der Waals surface area contributed by atoms with Gasteiger partial charge in [0.15, 0.2) is 5.13 Å². The Morgan fingerprint density at radius 2 is 1.85 bits per heavy atom.